The lowest BCUT2D eigenvalue weighted by Gasteiger charge is -2.10. The van der Waals surface area contributed by atoms with Gasteiger partial charge in [-0.15, -0.1) is 11.3 Å². The number of aromatic nitrogens is 1. The van der Waals surface area contributed by atoms with E-state index < -0.39 is 17.6 Å². The van der Waals surface area contributed by atoms with Crippen LogP contribution in [0.1, 0.15) is 11.3 Å². The van der Waals surface area contributed by atoms with Crippen molar-refractivity contribution < 1.29 is 17.6 Å². The number of fused-ring (bicyclic) bond motifs is 3. The van der Waals surface area contributed by atoms with Crippen LogP contribution in [0.25, 0.3) is 31.4 Å². The molecule has 0 spiro atoms. The van der Waals surface area contributed by atoms with E-state index in [9.17, 15) is 17.6 Å². The number of benzene rings is 2. The Morgan fingerprint density at radius 3 is 2.50 bits per heavy atom. The quantitative estimate of drug-likeness (QED) is 0.310. The summed E-state index contributed by atoms with van der Waals surface area (Å²) in [6.07, 6.45) is -4.53. The molecule has 0 saturated carbocycles. The maximum absolute atomic E-state index is 14.2. The van der Waals surface area contributed by atoms with Gasteiger partial charge >= 0.3 is 6.18 Å². The van der Waals surface area contributed by atoms with E-state index in [2.05, 4.69) is 4.98 Å². The van der Waals surface area contributed by atoms with E-state index in [0.717, 1.165) is 38.5 Å². The molecule has 0 bridgehead atoms. The summed E-state index contributed by atoms with van der Waals surface area (Å²) in [4.78, 5) is 5.22. The molecule has 0 aliphatic carbocycles. The van der Waals surface area contributed by atoms with Crippen LogP contribution in [-0.2, 0) is 6.18 Å². The lowest BCUT2D eigenvalue weighted by atomic mass is 10.0. The van der Waals surface area contributed by atoms with Gasteiger partial charge in [0, 0.05) is 21.0 Å². The molecule has 0 amide bonds. The van der Waals surface area contributed by atoms with Crippen LogP contribution in [0.5, 0.6) is 0 Å². The second-order valence-corrected chi connectivity index (χ2v) is 7.35. The first-order valence-corrected chi connectivity index (χ1v) is 8.80. The molecule has 0 atom stereocenters. The molecule has 132 valence electrons. The van der Waals surface area contributed by atoms with Gasteiger partial charge in [-0.3, -0.25) is 0 Å². The maximum atomic E-state index is 14.2. The predicted molar refractivity (Wildman–Crippen MR) is 97.3 cm³/mol. The Labute approximate surface area is 154 Å². The summed E-state index contributed by atoms with van der Waals surface area (Å²) in [5.41, 5.74) is 0.126. The minimum Gasteiger partial charge on any atom is -0.241 e. The lowest BCUT2D eigenvalue weighted by molar-refractivity contribution is -0.137. The summed E-state index contributed by atoms with van der Waals surface area (Å²) in [6, 6.07) is 9.30. The molecule has 7 heteroatoms. The first kappa shape index (κ1) is 17.2. The predicted octanol–water partition coefficient (Wildman–Crippen LogP) is 7.24. The van der Waals surface area contributed by atoms with Crippen LogP contribution < -0.4 is 0 Å². The summed E-state index contributed by atoms with van der Waals surface area (Å²) < 4.78 is 53.8. The smallest absolute Gasteiger partial charge is 0.241 e. The average molecular weight is 396 g/mol. The fourth-order valence-corrected chi connectivity index (χ4v) is 4.15. The molecule has 0 N–H and O–H groups in total. The summed E-state index contributed by atoms with van der Waals surface area (Å²) in [7, 11) is 0. The van der Waals surface area contributed by atoms with Gasteiger partial charge in [0.2, 0.25) is 0 Å². The second-order valence-electron chi connectivity index (χ2n) is 5.91. The summed E-state index contributed by atoms with van der Waals surface area (Å²) >= 11 is 7.53. The Kier molecular flexibility index (Phi) is 3.93. The van der Waals surface area contributed by atoms with Crippen molar-refractivity contribution in [2.75, 3.05) is 0 Å². The SMILES string of the molecule is Cc1nc2sc3cc(-c4cc(C(F)(F)F)ccc4F)ccc3c2cc1Cl. The van der Waals surface area contributed by atoms with Gasteiger partial charge in [-0.25, -0.2) is 9.37 Å². The number of rotatable bonds is 1. The Bertz CT molecular complexity index is 1160. The van der Waals surface area contributed by atoms with Gasteiger partial charge in [0.15, 0.2) is 0 Å². The van der Waals surface area contributed by atoms with Gasteiger partial charge in [-0.1, -0.05) is 23.7 Å². The van der Waals surface area contributed by atoms with E-state index in [1.165, 1.54) is 11.3 Å². The number of nitrogens with zero attached hydrogens (tertiary/aromatic N) is 1. The van der Waals surface area contributed by atoms with Crippen molar-refractivity contribution in [2.45, 2.75) is 13.1 Å². The number of aryl methyl sites for hydroxylation is 1. The molecule has 2 aromatic carbocycles. The number of alkyl halides is 3. The van der Waals surface area contributed by atoms with E-state index in [0.29, 0.717) is 16.3 Å². The minimum absolute atomic E-state index is 0.0821. The molecule has 4 aromatic rings. The third-order valence-corrected chi connectivity index (χ3v) is 5.64. The molecule has 4 rings (SSSR count). The van der Waals surface area contributed by atoms with Crippen molar-refractivity contribution in [1.29, 1.82) is 0 Å². The molecular formula is C19H10ClF4NS. The largest absolute Gasteiger partial charge is 0.416 e. The van der Waals surface area contributed by atoms with Gasteiger partial charge in [-0.2, -0.15) is 13.2 Å². The summed E-state index contributed by atoms with van der Waals surface area (Å²) in [5.74, 6) is -0.699. The molecule has 2 aromatic heterocycles. The average Bonchev–Trinajstić information content (AvgIpc) is 2.91. The van der Waals surface area contributed by atoms with Gasteiger partial charge in [0.1, 0.15) is 10.6 Å². The molecule has 0 saturated heterocycles. The highest BCUT2D eigenvalue weighted by atomic mass is 35.5. The zero-order chi connectivity index (χ0) is 18.6. The normalized spacial score (nSPS) is 12.2. The second kappa shape index (κ2) is 5.93. The molecule has 0 aliphatic rings. The van der Waals surface area contributed by atoms with Crippen molar-refractivity contribution >= 4 is 43.2 Å². The molecular weight excluding hydrogens is 386 g/mol. The molecule has 0 unspecified atom stereocenters. The first-order chi connectivity index (χ1) is 12.2. The minimum atomic E-state index is -4.53. The van der Waals surface area contributed by atoms with E-state index in [4.69, 9.17) is 11.6 Å². The Morgan fingerprint density at radius 1 is 1.00 bits per heavy atom. The van der Waals surface area contributed by atoms with Crippen LogP contribution >= 0.6 is 22.9 Å². The number of thiophene rings is 1. The highest BCUT2D eigenvalue weighted by Crippen LogP contribution is 2.39. The topological polar surface area (TPSA) is 12.9 Å². The number of pyridine rings is 1. The van der Waals surface area contributed by atoms with E-state index >= 15 is 0 Å². The fraction of sp³-hybridized carbons (Fsp3) is 0.105. The standard InChI is InChI=1S/C19H10ClF4NS/c1-9-15(20)8-14-12-4-2-10(6-17(12)26-18(14)25-9)13-7-11(19(22,23)24)3-5-16(13)21/h2-8H,1H3. The maximum Gasteiger partial charge on any atom is 0.416 e. The van der Waals surface area contributed by atoms with Crippen LogP contribution in [0, 0.1) is 12.7 Å². The van der Waals surface area contributed by atoms with Gasteiger partial charge in [-0.05, 0) is 42.8 Å². The fourth-order valence-electron chi connectivity index (χ4n) is 2.85. The van der Waals surface area contributed by atoms with Gasteiger partial charge in [0.05, 0.1) is 16.3 Å². The third kappa shape index (κ3) is 2.83. The summed E-state index contributed by atoms with van der Waals surface area (Å²) in [6.45, 7) is 1.80. The number of hydrogen-bond donors (Lipinski definition) is 0. The Hall–Kier alpha value is -2.18. The zero-order valence-corrected chi connectivity index (χ0v) is 14.9. The molecule has 2 heterocycles. The zero-order valence-electron chi connectivity index (χ0n) is 13.3. The first-order valence-electron chi connectivity index (χ1n) is 7.60. The van der Waals surface area contributed by atoms with Crippen molar-refractivity contribution in [3.8, 4) is 11.1 Å². The highest BCUT2D eigenvalue weighted by Gasteiger charge is 2.31. The van der Waals surface area contributed by atoms with Crippen molar-refractivity contribution in [3.05, 3.63) is 64.6 Å². The van der Waals surface area contributed by atoms with Crippen LogP contribution in [0.4, 0.5) is 17.6 Å². The van der Waals surface area contributed by atoms with Gasteiger partial charge < -0.3 is 0 Å². The highest BCUT2D eigenvalue weighted by molar-refractivity contribution is 7.25. The summed E-state index contributed by atoms with van der Waals surface area (Å²) in [5, 5.41) is 2.30. The van der Waals surface area contributed by atoms with Crippen LogP contribution in [0.3, 0.4) is 0 Å². The molecule has 0 fully saturated rings. The van der Waals surface area contributed by atoms with Crippen molar-refractivity contribution in [3.63, 3.8) is 0 Å². The molecule has 0 radical (unpaired) electrons. The van der Waals surface area contributed by atoms with Crippen LogP contribution in [-0.4, -0.2) is 4.98 Å². The van der Waals surface area contributed by atoms with Crippen molar-refractivity contribution in [1.82, 2.24) is 4.98 Å². The lowest BCUT2D eigenvalue weighted by Crippen LogP contribution is -2.05. The third-order valence-electron chi connectivity index (χ3n) is 4.20. The van der Waals surface area contributed by atoms with Crippen LogP contribution in [0.2, 0.25) is 5.02 Å². The Morgan fingerprint density at radius 2 is 1.77 bits per heavy atom. The Balaban J connectivity index is 1.92. The monoisotopic (exact) mass is 395 g/mol. The molecule has 26 heavy (non-hydrogen) atoms. The van der Waals surface area contributed by atoms with Crippen LogP contribution in [0.15, 0.2) is 42.5 Å². The number of hydrogen-bond acceptors (Lipinski definition) is 2. The number of halogens is 5. The molecule has 0 aliphatic heterocycles. The molecule has 1 nitrogen and oxygen atoms in total. The van der Waals surface area contributed by atoms with E-state index in [1.54, 1.807) is 25.1 Å². The van der Waals surface area contributed by atoms with E-state index in [1.807, 2.05) is 6.07 Å². The van der Waals surface area contributed by atoms with Crippen molar-refractivity contribution in [2.24, 2.45) is 0 Å². The van der Waals surface area contributed by atoms with E-state index in [-0.39, 0.29) is 5.56 Å². The van der Waals surface area contributed by atoms with Gasteiger partial charge in [0.25, 0.3) is 0 Å².